The third-order valence-electron chi connectivity index (χ3n) is 5.88. The van der Waals surface area contributed by atoms with Crippen LogP contribution in [0.15, 0.2) is 71.1 Å². The number of furan rings is 1. The molecular weight excluding hydrogens is 566 g/mol. The molecule has 3 aromatic heterocycles. The van der Waals surface area contributed by atoms with Crippen molar-refractivity contribution in [3.8, 4) is 22.6 Å². The molecule has 2 aromatic carbocycles. The predicted octanol–water partition coefficient (Wildman–Crippen LogP) is 6.65. The van der Waals surface area contributed by atoms with Crippen LogP contribution in [0, 0.1) is 5.82 Å². The van der Waals surface area contributed by atoms with Gasteiger partial charge in [-0.1, -0.05) is 18.2 Å². The molecule has 0 aliphatic heterocycles. The summed E-state index contributed by atoms with van der Waals surface area (Å²) in [6, 6.07) is 15.2. The minimum absolute atomic E-state index is 0.0206. The Morgan fingerprint density at radius 2 is 1.78 bits per heavy atom. The maximum absolute atomic E-state index is 13.7. The second kappa shape index (κ2) is 10.9. The Balaban J connectivity index is 1.50. The summed E-state index contributed by atoms with van der Waals surface area (Å²) in [6.45, 7) is -0.0206. The van der Waals surface area contributed by atoms with E-state index >= 15 is 0 Å². The Morgan fingerprint density at radius 3 is 2.46 bits per heavy atom. The van der Waals surface area contributed by atoms with E-state index in [0.717, 1.165) is 18.2 Å². The van der Waals surface area contributed by atoms with Gasteiger partial charge in [-0.05, 0) is 53.6 Å². The number of thiophene rings is 1. The Hall–Kier alpha value is -4.91. The summed E-state index contributed by atoms with van der Waals surface area (Å²) in [4.78, 5) is 28.7. The topological polar surface area (TPSA) is 117 Å². The number of amides is 2. The molecule has 5 aromatic rings. The van der Waals surface area contributed by atoms with Crippen LogP contribution in [0.1, 0.15) is 31.7 Å². The van der Waals surface area contributed by atoms with Crippen LogP contribution in [0.5, 0.6) is 11.5 Å². The number of carbonyl (C=O) groups is 2. The number of primary amides is 1. The molecule has 0 fully saturated rings. The molecule has 0 aliphatic rings. The first-order valence-electron chi connectivity index (χ1n) is 11.8. The first kappa shape index (κ1) is 27.6. The van der Waals surface area contributed by atoms with Crippen LogP contribution < -0.4 is 20.5 Å². The Kier molecular flexibility index (Phi) is 7.37. The molecule has 13 heteroatoms. The molecule has 0 saturated carbocycles. The van der Waals surface area contributed by atoms with E-state index in [1.165, 1.54) is 31.4 Å². The normalized spacial score (nSPS) is 11.4. The van der Waals surface area contributed by atoms with Gasteiger partial charge in [-0.25, -0.2) is 9.37 Å². The predicted molar refractivity (Wildman–Crippen MR) is 143 cm³/mol. The summed E-state index contributed by atoms with van der Waals surface area (Å²) >= 11 is 0.590. The van der Waals surface area contributed by atoms with Crippen LogP contribution >= 0.6 is 11.3 Å². The zero-order chi connectivity index (χ0) is 29.3. The van der Waals surface area contributed by atoms with Crippen LogP contribution in [0.3, 0.4) is 0 Å². The molecule has 5 rings (SSSR count). The number of pyridine rings is 1. The molecule has 0 aliphatic carbocycles. The monoisotopic (exact) mass is 585 g/mol. The standard InChI is InChI=1S/C28H19F4N3O5S/c1-38-16-3-2-4-17(11-16)39-13-18-9-10-20(40-18)26(37)35-23-22-19(14-5-7-15(29)8-6-14)12-21(28(30,31)32)34-27(22)41-24(23)25(33)36/h2-12H,13H2,1H3,(H2,33,36)(H,35,37). The number of alkyl halides is 3. The van der Waals surface area contributed by atoms with Crippen molar-refractivity contribution in [3.63, 3.8) is 0 Å². The van der Waals surface area contributed by atoms with Gasteiger partial charge in [-0.3, -0.25) is 9.59 Å². The highest BCUT2D eigenvalue weighted by molar-refractivity contribution is 7.21. The third-order valence-corrected chi connectivity index (χ3v) is 6.98. The number of hydrogen-bond acceptors (Lipinski definition) is 7. The number of ether oxygens (including phenoxy) is 2. The van der Waals surface area contributed by atoms with Crippen LogP contribution in [0.4, 0.5) is 23.2 Å². The maximum atomic E-state index is 13.7. The van der Waals surface area contributed by atoms with Gasteiger partial charge in [0.25, 0.3) is 11.8 Å². The molecule has 0 atom stereocenters. The number of halogens is 4. The van der Waals surface area contributed by atoms with Crippen LogP contribution in [-0.2, 0) is 12.8 Å². The minimum Gasteiger partial charge on any atom is -0.497 e. The van der Waals surface area contributed by atoms with E-state index in [4.69, 9.17) is 19.6 Å². The van der Waals surface area contributed by atoms with Gasteiger partial charge in [0, 0.05) is 11.5 Å². The molecule has 0 radical (unpaired) electrons. The number of fused-ring (bicyclic) bond motifs is 1. The molecule has 8 nitrogen and oxygen atoms in total. The van der Waals surface area contributed by atoms with E-state index in [2.05, 4.69) is 10.3 Å². The SMILES string of the molecule is COc1cccc(OCc2ccc(C(=O)Nc3c(C(N)=O)sc4nc(C(F)(F)F)cc(-c5ccc(F)cc5)c34)o2)c1. The van der Waals surface area contributed by atoms with Gasteiger partial charge in [0.05, 0.1) is 12.8 Å². The highest BCUT2D eigenvalue weighted by Crippen LogP contribution is 2.43. The summed E-state index contributed by atoms with van der Waals surface area (Å²) in [5.74, 6) is -1.16. The first-order chi connectivity index (χ1) is 19.5. The molecule has 41 heavy (non-hydrogen) atoms. The lowest BCUT2D eigenvalue weighted by Gasteiger charge is -2.12. The summed E-state index contributed by atoms with van der Waals surface area (Å²) in [6.07, 6.45) is -4.82. The third kappa shape index (κ3) is 5.84. The van der Waals surface area contributed by atoms with Crippen LogP contribution in [-0.4, -0.2) is 23.9 Å². The number of aromatic nitrogens is 1. The largest absolute Gasteiger partial charge is 0.497 e. The van der Waals surface area contributed by atoms with Crippen LogP contribution in [0.2, 0.25) is 0 Å². The van der Waals surface area contributed by atoms with Crippen molar-refractivity contribution in [2.75, 3.05) is 12.4 Å². The van der Waals surface area contributed by atoms with Gasteiger partial charge in [-0.15, -0.1) is 11.3 Å². The number of nitrogens with one attached hydrogen (secondary N) is 1. The van der Waals surface area contributed by atoms with Crippen molar-refractivity contribution < 1.29 is 41.0 Å². The van der Waals surface area contributed by atoms with Gasteiger partial charge in [-0.2, -0.15) is 13.2 Å². The highest BCUT2D eigenvalue weighted by atomic mass is 32.1. The van der Waals surface area contributed by atoms with Crippen molar-refractivity contribution in [2.45, 2.75) is 12.8 Å². The zero-order valence-electron chi connectivity index (χ0n) is 21.0. The molecule has 210 valence electrons. The number of rotatable bonds is 8. The summed E-state index contributed by atoms with van der Waals surface area (Å²) in [7, 11) is 1.52. The van der Waals surface area contributed by atoms with Gasteiger partial charge in [0.2, 0.25) is 0 Å². The molecule has 0 spiro atoms. The number of methoxy groups -OCH3 is 1. The van der Waals surface area contributed by atoms with E-state index in [1.54, 1.807) is 24.3 Å². The molecule has 0 bridgehead atoms. The van der Waals surface area contributed by atoms with Crippen molar-refractivity contribution >= 4 is 39.1 Å². The number of nitrogens with two attached hydrogens (primary N) is 1. The number of anilines is 1. The van der Waals surface area contributed by atoms with Gasteiger partial charge in [0.1, 0.15) is 45.1 Å². The van der Waals surface area contributed by atoms with Crippen LogP contribution in [0.25, 0.3) is 21.3 Å². The fraction of sp³-hybridized carbons (Fsp3) is 0.107. The molecule has 0 unspecified atom stereocenters. The summed E-state index contributed by atoms with van der Waals surface area (Å²) in [5.41, 5.74) is 4.31. The second-order valence-corrected chi connectivity index (χ2v) is 9.60. The lowest BCUT2D eigenvalue weighted by atomic mass is 10.0. The molecule has 0 saturated heterocycles. The fourth-order valence-electron chi connectivity index (χ4n) is 3.99. The Labute approximate surface area is 233 Å². The van der Waals surface area contributed by atoms with E-state index < -0.39 is 29.5 Å². The van der Waals surface area contributed by atoms with E-state index in [9.17, 15) is 27.2 Å². The van der Waals surface area contributed by atoms with Gasteiger partial charge < -0.3 is 24.9 Å². The molecule has 3 heterocycles. The number of hydrogen-bond donors (Lipinski definition) is 2. The maximum Gasteiger partial charge on any atom is 0.433 e. The minimum atomic E-state index is -4.82. The molecule has 3 N–H and O–H groups in total. The zero-order valence-corrected chi connectivity index (χ0v) is 21.9. The quantitative estimate of drug-likeness (QED) is 0.197. The average molecular weight is 586 g/mol. The number of nitrogens with zero attached hydrogens (tertiary/aromatic N) is 1. The summed E-state index contributed by atoms with van der Waals surface area (Å²) < 4.78 is 71.0. The van der Waals surface area contributed by atoms with E-state index in [-0.39, 0.29) is 44.3 Å². The van der Waals surface area contributed by atoms with Crippen molar-refractivity contribution in [3.05, 3.63) is 94.6 Å². The lowest BCUT2D eigenvalue weighted by Crippen LogP contribution is -2.16. The van der Waals surface area contributed by atoms with Gasteiger partial charge >= 0.3 is 6.18 Å². The van der Waals surface area contributed by atoms with Crippen molar-refractivity contribution in [1.82, 2.24) is 4.98 Å². The highest BCUT2D eigenvalue weighted by Gasteiger charge is 2.35. The van der Waals surface area contributed by atoms with Crippen molar-refractivity contribution in [2.24, 2.45) is 5.73 Å². The molecule has 2 amide bonds. The fourth-order valence-corrected chi connectivity index (χ4v) is 5.00. The smallest absolute Gasteiger partial charge is 0.433 e. The van der Waals surface area contributed by atoms with E-state index in [0.29, 0.717) is 28.6 Å². The summed E-state index contributed by atoms with van der Waals surface area (Å²) in [5, 5.41) is 2.57. The first-order valence-corrected chi connectivity index (χ1v) is 12.6. The number of benzene rings is 2. The average Bonchev–Trinajstić information content (AvgIpc) is 3.57. The number of carbonyl (C=O) groups excluding carboxylic acids is 2. The Morgan fingerprint density at radius 1 is 1.05 bits per heavy atom. The lowest BCUT2D eigenvalue weighted by molar-refractivity contribution is -0.140. The molecular formula is C28H19F4N3O5S. The Bertz CT molecular complexity index is 1760. The second-order valence-electron chi connectivity index (χ2n) is 8.60. The van der Waals surface area contributed by atoms with Gasteiger partial charge in [0.15, 0.2) is 5.76 Å². The van der Waals surface area contributed by atoms with Crippen molar-refractivity contribution in [1.29, 1.82) is 0 Å². The van der Waals surface area contributed by atoms with E-state index in [1.807, 2.05) is 0 Å².